The molecule has 0 aliphatic heterocycles. The zero-order valence-electron chi connectivity index (χ0n) is 6.81. The summed E-state index contributed by atoms with van der Waals surface area (Å²) in [5, 5.41) is 0. The summed E-state index contributed by atoms with van der Waals surface area (Å²) in [7, 11) is 0. The molecule has 0 radical (unpaired) electrons. The number of hydrogen-bond donors (Lipinski definition) is 0. The van der Waals surface area contributed by atoms with Crippen molar-refractivity contribution in [2.75, 3.05) is 0 Å². The summed E-state index contributed by atoms with van der Waals surface area (Å²) in [6.45, 7) is 1.29. The minimum Gasteiger partial charge on any atom is -0.456 e. The number of Topliss-reactive ketones (excluding diaryl/α,β-unsaturated/α-hetero) is 1. The van der Waals surface area contributed by atoms with E-state index in [1.807, 2.05) is 0 Å². The number of ketones is 1. The molecular formula is C8H7F3O2. The van der Waals surface area contributed by atoms with Gasteiger partial charge in [0.15, 0.2) is 0 Å². The van der Waals surface area contributed by atoms with Crippen molar-refractivity contribution >= 4 is 5.78 Å². The monoisotopic (exact) mass is 192 g/mol. The second-order valence-corrected chi connectivity index (χ2v) is 2.64. The van der Waals surface area contributed by atoms with E-state index < -0.39 is 11.9 Å². The molecule has 1 rings (SSSR count). The molecule has 0 fully saturated rings. The zero-order chi connectivity index (χ0) is 10.1. The Balaban J connectivity index is 2.81. The number of halogens is 3. The van der Waals surface area contributed by atoms with Crippen molar-refractivity contribution < 1.29 is 22.4 Å². The normalized spacial score (nSPS) is 11.7. The third kappa shape index (κ3) is 2.61. The van der Waals surface area contributed by atoms with Crippen LogP contribution in [0.3, 0.4) is 0 Å². The smallest absolute Gasteiger partial charge is 0.449 e. The molecule has 0 spiro atoms. The fourth-order valence-electron chi connectivity index (χ4n) is 0.871. The minimum absolute atomic E-state index is 0.0415. The maximum absolute atomic E-state index is 12.0. The zero-order valence-corrected chi connectivity index (χ0v) is 6.81. The lowest BCUT2D eigenvalue weighted by atomic mass is 10.2. The Kier molecular flexibility index (Phi) is 2.45. The molecule has 13 heavy (non-hydrogen) atoms. The third-order valence-corrected chi connectivity index (χ3v) is 1.36. The highest BCUT2D eigenvalue weighted by Crippen LogP contribution is 2.30. The fourth-order valence-corrected chi connectivity index (χ4v) is 0.871. The lowest BCUT2D eigenvalue weighted by Gasteiger charge is -2.00. The molecule has 0 aromatic carbocycles. The van der Waals surface area contributed by atoms with Crippen molar-refractivity contribution in [2.24, 2.45) is 0 Å². The number of furan rings is 1. The maximum Gasteiger partial charge on any atom is 0.449 e. The quantitative estimate of drug-likeness (QED) is 0.720. The molecule has 0 unspecified atom stereocenters. The van der Waals surface area contributed by atoms with E-state index in [0.29, 0.717) is 0 Å². The fraction of sp³-hybridized carbons (Fsp3) is 0.375. The number of carbonyl (C=O) groups excluding carboxylic acids is 1. The second kappa shape index (κ2) is 3.24. The molecule has 72 valence electrons. The first kappa shape index (κ1) is 9.83. The van der Waals surface area contributed by atoms with Gasteiger partial charge in [-0.2, -0.15) is 13.2 Å². The molecule has 0 bridgehead atoms. The van der Waals surface area contributed by atoms with Gasteiger partial charge in [-0.25, -0.2) is 0 Å². The Morgan fingerprint density at radius 3 is 2.46 bits per heavy atom. The first-order chi connectivity index (χ1) is 5.89. The average Bonchev–Trinajstić information content (AvgIpc) is 2.32. The standard InChI is InChI=1S/C8H7F3O2/c1-5(12)4-6-2-3-7(13-6)8(9,10)11/h2-3H,4H2,1H3. The minimum atomic E-state index is -4.48. The van der Waals surface area contributed by atoms with Gasteiger partial charge in [-0.1, -0.05) is 0 Å². The lowest BCUT2D eigenvalue weighted by molar-refractivity contribution is -0.153. The number of hydrogen-bond acceptors (Lipinski definition) is 2. The van der Waals surface area contributed by atoms with Gasteiger partial charge in [0.1, 0.15) is 11.5 Å². The van der Waals surface area contributed by atoms with E-state index in [9.17, 15) is 18.0 Å². The Morgan fingerprint density at radius 1 is 1.46 bits per heavy atom. The Bertz CT molecular complexity index is 311. The largest absolute Gasteiger partial charge is 0.456 e. The molecular weight excluding hydrogens is 185 g/mol. The van der Waals surface area contributed by atoms with Gasteiger partial charge < -0.3 is 4.42 Å². The highest BCUT2D eigenvalue weighted by atomic mass is 19.4. The van der Waals surface area contributed by atoms with Crippen LogP contribution in [0.1, 0.15) is 18.4 Å². The Hall–Kier alpha value is -1.26. The number of carbonyl (C=O) groups is 1. The van der Waals surface area contributed by atoms with Crippen LogP contribution in [0.5, 0.6) is 0 Å². The molecule has 0 amide bonds. The maximum atomic E-state index is 12.0. The van der Waals surface area contributed by atoms with E-state index in [1.54, 1.807) is 0 Å². The molecule has 0 saturated heterocycles. The van der Waals surface area contributed by atoms with Crippen LogP contribution in [0.15, 0.2) is 16.5 Å². The van der Waals surface area contributed by atoms with Gasteiger partial charge in [0.25, 0.3) is 0 Å². The summed E-state index contributed by atoms with van der Waals surface area (Å²) in [5.74, 6) is -1.26. The second-order valence-electron chi connectivity index (χ2n) is 2.64. The Labute approximate surface area is 72.3 Å². The van der Waals surface area contributed by atoms with Crippen LogP contribution in [0.4, 0.5) is 13.2 Å². The van der Waals surface area contributed by atoms with Crippen LogP contribution < -0.4 is 0 Å². The Morgan fingerprint density at radius 2 is 2.08 bits per heavy atom. The molecule has 0 saturated carbocycles. The molecule has 1 heterocycles. The highest BCUT2D eigenvalue weighted by Gasteiger charge is 2.34. The molecule has 2 nitrogen and oxygen atoms in total. The first-order valence-corrected chi connectivity index (χ1v) is 3.55. The summed E-state index contributed by atoms with van der Waals surface area (Å²) in [4.78, 5) is 10.5. The van der Waals surface area contributed by atoms with E-state index in [4.69, 9.17) is 0 Å². The average molecular weight is 192 g/mol. The summed E-state index contributed by atoms with van der Waals surface area (Å²) in [5.41, 5.74) is 0. The highest BCUT2D eigenvalue weighted by molar-refractivity contribution is 5.77. The van der Waals surface area contributed by atoms with Crippen LogP contribution in [0, 0.1) is 0 Å². The van der Waals surface area contributed by atoms with Gasteiger partial charge in [0.2, 0.25) is 5.76 Å². The van der Waals surface area contributed by atoms with Crippen molar-refractivity contribution in [3.05, 3.63) is 23.7 Å². The predicted molar refractivity (Wildman–Crippen MR) is 38.1 cm³/mol. The SMILES string of the molecule is CC(=O)Cc1ccc(C(F)(F)F)o1. The van der Waals surface area contributed by atoms with Crippen molar-refractivity contribution in [3.63, 3.8) is 0 Å². The van der Waals surface area contributed by atoms with Gasteiger partial charge in [-0.05, 0) is 19.1 Å². The molecule has 0 aliphatic rings. The summed E-state index contributed by atoms with van der Waals surface area (Å²) >= 11 is 0. The van der Waals surface area contributed by atoms with E-state index in [0.717, 1.165) is 12.1 Å². The van der Waals surface area contributed by atoms with Crippen molar-refractivity contribution in [2.45, 2.75) is 19.5 Å². The number of alkyl halides is 3. The third-order valence-electron chi connectivity index (χ3n) is 1.36. The number of rotatable bonds is 2. The van der Waals surface area contributed by atoms with Gasteiger partial charge in [0, 0.05) is 0 Å². The lowest BCUT2D eigenvalue weighted by Crippen LogP contribution is -2.02. The molecule has 5 heteroatoms. The van der Waals surface area contributed by atoms with Crippen molar-refractivity contribution in [3.8, 4) is 0 Å². The van der Waals surface area contributed by atoms with Crippen molar-refractivity contribution in [1.29, 1.82) is 0 Å². The first-order valence-electron chi connectivity index (χ1n) is 3.55. The van der Waals surface area contributed by atoms with Crippen LogP contribution >= 0.6 is 0 Å². The topological polar surface area (TPSA) is 30.2 Å². The predicted octanol–water partition coefficient (Wildman–Crippen LogP) is 2.43. The van der Waals surface area contributed by atoms with Crippen LogP contribution in [-0.2, 0) is 17.4 Å². The molecule has 0 aliphatic carbocycles. The molecule has 1 aromatic heterocycles. The van der Waals surface area contributed by atoms with Crippen LogP contribution in [-0.4, -0.2) is 5.78 Å². The summed E-state index contributed by atoms with van der Waals surface area (Å²) in [6, 6.07) is 1.97. The summed E-state index contributed by atoms with van der Waals surface area (Å²) < 4.78 is 40.3. The molecule has 1 aromatic rings. The van der Waals surface area contributed by atoms with E-state index in [2.05, 4.69) is 4.42 Å². The van der Waals surface area contributed by atoms with Gasteiger partial charge in [0.05, 0.1) is 6.42 Å². The van der Waals surface area contributed by atoms with Gasteiger partial charge >= 0.3 is 6.18 Å². The molecule has 0 N–H and O–H groups in total. The van der Waals surface area contributed by atoms with Crippen LogP contribution in [0.25, 0.3) is 0 Å². The van der Waals surface area contributed by atoms with Gasteiger partial charge in [-0.3, -0.25) is 4.79 Å². The van der Waals surface area contributed by atoms with E-state index in [-0.39, 0.29) is 18.0 Å². The molecule has 0 atom stereocenters. The van der Waals surface area contributed by atoms with Crippen molar-refractivity contribution in [1.82, 2.24) is 0 Å². The van der Waals surface area contributed by atoms with Gasteiger partial charge in [-0.15, -0.1) is 0 Å². The van der Waals surface area contributed by atoms with E-state index in [1.165, 1.54) is 6.92 Å². The summed E-state index contributed by atoms with van der Waals surface area (Å²) in [6.07, 6.45) is -4.58. The van der Waals surface area contributed by atoms with Crippen LogP contribution in [0.2, 0.25) is 0 Å². The van der Waals surface area contributed by atoms with E-state index >= 15 is 0 Å².